The summed E-state index contributed by atoms with van der Waals surface area (Å²) in [5.74, 6) is 0.584. The number of hydrogen-bond donors (Lipinski definition) is 2. The van der Waals surface area contributed by atoms with Crippen LogP contribution in [0.25, 0.3) is 11.4 Å². The zero-order chi connectivity index (χ0) is 16.2. The van der Waals surface area contributed by atoms with Gasteiger partial charge in [0.05, 0.1) is 11.4 Å². The van der Waals surface area contributed by atoms with E-state index in [1.165, 1.54) is 31.5 Å². The number of rotatable bonds is 5. The first-order chi connectivity index (χ1) is 11.9. The van der Waals surface area contributed by atoms with Gasteiger partial charge in [0.2, 0.25) is 5.95 Å². The molecule has 122 valence electrons. The van der Waals surface area contributed by atoms with Gasteiger partial charge in [0.15, 0.2) is 0 Å². The molecule has 6 heteroatoms. The molecule has 0 saturated carbocycles. The number of hydrogen-bond acceptors (Lipinski definition) is 5. The molecule has 2 N–H and O–H groups in total. The second-order valence-corrected chi connectivity index (χ2v) is 6.04. The molecule has 0 radical (unpaired) electrons. The highest BCUT2D eigenvalue weighted by atomic mass is 15.1. The minimum atomic E-state index is 0.584. The van der Waals surface area contributed by atoms with Crippen LogP contribution in [0.2, 0.25) is 0 Å². The van der Waals surface area contributed by atoms with E-state index >= 15 is 0 Å². The smallest absolute Gasteiger partial charge is 0.227 e. The molecule has 0 amide bonds. The fourth-order valence-corrected chi connectivity index (χ4v) is 3.04. The predicted octanol–water partition coefficient (Wildman–Crippen LogP) is 3.21. The first-order valence-corrected chi connectivity index (χ1v) is 8.28. The lowest BCUT2D eigenvalue weighted by atomic mass is 10.2. The van der Waals surface area contributed by atoms with Crippen molar-refractivity contribution in [1.29, 1.82) is 0 Å². The van der Waals surface area contributed by atoms with E-state index in [1.807, 2.05) is 18.2 Å². The van der Waals surface area contributed by atoms with Crippen LogP contribution in [0.3, 0.4) is 0 Å². The zero-order valence-electron chi connectivity index (χ0n) is 13.4. The number of H-pyrrole nitrogens is 1. The van der Waals surface area contributed by atoms with Crippen molar-refractivity contribution in [3.8, 4) is 11.4 Å². The van der Waals surface area contributed by atoms with Gasteiger partial charge in [-0.3, -0.25) is 10.00 Å². The molecule has 1 aromatic carbocycles. The van der Waals surface area contributed by atoms with Crippen LogP contribution < -0.4 is 5.32 Å². The maximum absolute atomic E-state index is 4.54. The summed E-state index contributed by atoms with van der Waals surface area (Å²) in [5.41, 5.74) is 4.02. The summed E-state index contributed by atoms with van der Waals surface area (Å²) in [4.78, 5) is 11.3. The molecule has 1 aliphatic heterocycles. The van der Waals surface area contributed by atoms with Gasteiger partial charge in [-0.25, -0.2) is 9.97 Å². The summed E-state index contributed by atoms with van der Waals surface area (Å²) in [6.45, 7) is 3.41. The highest BCUT2D eigenvalue weighted by molar-refractivity contribution is 5.59. The highest BCUT2D eigenvalue weighted by Gasteiger charge is 2.12. The quantitative estimate of drug-likeness (QED) is 0.755. The molecule has 0 aliphatic carbocycles. The van der Waals surface area contributed by atoms with E-state index in [4.69, 9.17) is 0 Å². The fourth-order valence-electron chi connectivity index (χ4n) is 3.04. The Kier molecular flexibility index (Phi) is 4.20. The van der Waals surface area contributed by atoms with Gasteiger partial charge in [-0.2, -0.15) is 5.10 Å². The molecular weight excluding hydrogens is 300 g/mol. The molecule has 3 heterocycles. The van der Waals surface area contributed by atoms with Crippen LogP contribution >= 0.6 is 0 Å². The summed E-state index contributed by atoms with van der Waals surface area (Å²) in [7, 11) is 0. The van der Waals surface area contributed by atoms with Crippen LogP contribution in [-0.4, -0.2) is 38.2 Å². The number of aromatic amines is 1. The molecule has 1 saturated heterocycles. The van der Waals surface area contributed by atoms with Crippen molar-refractivity contribution in [2.75, 3.05) is 18.4 Å². The topological polar surface area (TPSA) is 69.7 Å². The number of likely N-dealkylation sites (tertiary alicyclic amines) is 1. The Hall–Kier alpha value is -2.73. The first-order valence-electron chi connectivity index (χ1n) is 8.28. The molecule has 2 aromatic heterocycles. The van der Waals surface area contributed by atoms with E-state index in [0.29, 0.717) is 5.95 Å². The Morgan fingerprint density at radius 3 is 2.83 bits per heavy atom. The molecule has 0 atom stereocenters. The molecule has 1 aliphatic rings. The van der Waals surface area contributed by atoms with Crippen molar-refractivity contribution in [1.82, 2.24) is 25.1 Å². The average molecular weight is 320 g/mol. The van der Waals surface area contributed by atoms with Gasteiger partial charge >= 0.3 is 0 Å². The molecule has 0 unspecified atom stereocenters. The second-order valence-electron chi connectivity index (χ2n) is 6.04. The molecule has 0 bridgehead atoms. The summed E-state index contributed by atoms with van der Waals surface area (Å²) in [6.07, 6.45) is 6.09. The Morgan fingerprint density at radius 1 is 1.08 bits per heavy atom. The molecular formula is C18H20N6. The number of aromatic nitrogens is 4. The van der Waals surface area contributed by atoms with Crippen LogP contribution in [0.5, 0.6) is 0 Å². The third-order valence-electron chi connectivity index (χ3n) is 4.22. The predicted molar refractivity (Wildman–Crippen MR) is 93.8 cm³/mol. The normalized spacial score (nSPS) is 14.8. The Labute approximate surface area is 141 Å². The van der Waals surface area contributed by atoms with E-state index < -0.39 is 0 Å². The minimum absolute atomic E-state index is 0.584. The van der Waals surface area contributed by atoms with E-state index in [2.05, 4.69) is 48.6 Å². The van der Waals surface area contributed by atoms with Crippen molar-refractivity contribution >= 4 is 11.6 Å². The third kappa shape index (κ3) is 3.44. The van der Waals surface area contributed by atoms with Crippen molar-refractivity contribution in [2.45, 2.75) is 19.4 Å². The van der Waals surface area contributed by atoms with Gasteiger partial charge in [-0.15, -0.1) is 0 Å². The maximum Gasteiger partial charge on any atom is 0.227 e. The lowest BCUT2D eigenvalue weighted by molar-refractivity contribution is 0.331. The van der Waals surface area contributed by atoms with E-state index in [0.717, 1.165) is 23.6 Å². The second kappa shape index (κ2) is 6.80. The van der Waals surface area contributed by atoms with Gasteiger partial charge in [0.1, 0.15) is 0 Å². The van der Waals surface area contributed by atoms with Gasteiger partial charge in [-0.1, -0.05) is 12.1 Å². The van der Waals surface area contributed by atoms with Crippen molar-refractivity contribution in [2.24, 2.45) is 0 Å². The molecule has 1 fully saturated rings. The standard InChI is InChI=1S/C18H20N6/c1-2-11-24(10-1)13-14-4-3-5-15(12-14)21-18-19-8-6-16(22-18)17-7-9-20-23-17/h3-9,12H,1-2,10-11,13H2,(H,20,23)(H,19,21,22). The SMILES string of the molecule is c1cc(CN2CCCC2)cc(Nc2nccc(-c3ccn[nH]3)n2)c1. The lowest BCUT2D eigenvalue weighted by Gasteiger charge is -2.15. The molecule has 6 nitrogen and oxygen atoms in total. The first kappa shape index (κ1) is 14.8. The maximum atomic E-state index is 4.54. The number of nitrogens with zero attached hydrogens (tertiary/aromatic N) is 4. The van der Waals surface area contributed by atoms with Gasteiger partial charge in [0, 0.05) is 24.6 Å². The third-order valence-corrected chi connectivity index (χ3v) is 4.22. The van der Waals surface area contributed by atoms with Gasteiger partial charge in [-0.05, 0) is 55.8 Å². The van der Waals surface area contributed by atoms with Crippen LogP contribution in [0.1, 0.15) is 18.4 Å². The Morgan fingerprint density at radius 2 is 2.00 bits per heavy atom. The minimum Gasteiger partial charge on any atom is -0.324 e. The molecule has 4 rings (SSSR count). The molecule has 3 aromatic rings. The van der Waals surface area contributed by atoms with Crippen molar-refractivity contribution in [3.05, 3.63) is 54.4 Å². The lowest BCUT2D eigenvalue weighted by Crippen LogP contribution is -2.18. The van der Waals surface area contributed by atoms with Crippen LogP contribution in [-0.2, 0) is 6.54 Å². The van der Waals surface area contributed by atoms with Crippen LogP contribution in [0.4, 0.5) is 11.6 Å². The van der Waals surface area contributed by atoms with E-state index in [9.17, 15) is 0 Å². The van der Waals surface area contributed by atoms with E-state index in [1.54, 1.807) is 12.4 Å². The average Bonchev–Trinajstić information content (AvgIpc) is 3.29. The summed E-state index contributed by atoms with van der Waals surface area (Å²) in [6, 6.07) is 12.2. The summed E-state index contributed by atoms with van der Waals surface area (Å²) >= 11 is 0. The molecule has 0 spiro atoms. The van der Waals surface area contributed by atoms with Crippen LogP contribution in [0.15, 0.2) is 48.8 Å². The summed E-state index contributed by atoms with van der Waals surface area (Å²) in [5, 5.41) is 10.2. The fraction of sp³-hybridized carbons (Fsp3) is 0.278. The monoisotopic (exact) mass is 320 g/mol. The number of nitrogens with one attached hydrogen (secondary N) is 2. The van der Waals surface area contributed by atoms with Gasteiger partial charge in [0.25, 0.3) is 0 Å². The molecule has 24 heavy (non-hydrogen) atoms. The van der Waals surface area contributed by atoms with E-state index in [-0.39, 0.29) is 0 Å². The zero-order valence-corrected chi connectivity index (χ0v) is 13.4. The van der Waals surface area contributed by atoms with Crippen LogP contribution in [0, 0.1) is 0 Å². The number of anilines is 2. The van der Waals surface area contributed by atoms with Crippen molar-refractivity contribution < 1.29 is 0 Å². The largest absolute Gasteiger partial charge is 0.324 e. The highest BCUT2D eigenvalue weighted by Crippen LogP contribution is 2.20. The Bertz CT molecular complexity index is 793. The van der Waals surface area contributed by atoms with Gasteiger partial charge < -0.3 is 5.32 Å². The summed E-state index contributed by atoms with van der Waals surface area (Å²) < 4.78 is 0. The number of benzene rings is 1. The van der Waals surface area contributed by atoms with Crippen molar-refractivity contribution in [3.63, 3.8) is 0 Å². The Balaban J connectivity index is 1.49.